The molecular weight excluding hydrogens is 418 g/mol. The van der Waals surface area contributed by atoms with Crippen LogP contribution in [0.1, 0.15) is 28.2 Å². The Morgan fingerprint density at radius 2 is 2.12 bits per heavy atom. The van der Waals surface area contributed by atoms with Crippen LogP contribution < -0.4 is 5.32 Å². The van der Waals surface area contributed by atoms with Crippen molar-refractivity contribution in [3.63, 3.8) is 0 Å². The normalized spacial score (nSPS) is 17.5. The number of nitriles is 1. The highest BCUT2D eigenvalue weighted by Gasteiger charge is 2.47. The predicted molar refractivity (Wildman–Crippen MR) is 112 cm³/mol. The first-order valence-corrected chi connectivity index (χ1v) is 9.78. The Bertz CT molecular complexity index is 1210. The molecule has 0 bridgehead atoms. The molecule has 1 fully saturated rings. The molecule has 1 atom stereocenters. The second-order valence-electron chi connectivity index (χ2n) is 7.34. The number of para-hydroxylation sites is 2. The number of hydrogen-bond donors (Lipinski definition) is 2. The molecule has 8 nitrogen and oxygen atoms in total. The SMILES string of the molecule is N#CC1CC(F)(F)CN1C(=O)CNC(=O)c1ccncc1C=Cc1nc2ccccc2[nH]1. The molecule has 2 aromatic heterocycles. The number of pyridine rings is 1. The summed E-state index contributed by atoms with van der Waals surface area (Å²) in [5, 5.41) is 11.5. The van der Waals surface area contributed by atoms with Crippen LogP contribution >= 0.6 is 0 Å². The number of hydrogen-bond acceptors (Lipinski definition) is 5. The summed E-state index contributed by atoms with van der Waals surface area (Å²) in [6, 6.07) is 9.52. The molecule has 0 aliphatic carbocycles. The second kappa shape index (κ2) is 8.55. The minimum absolute atomic E-state index is 0.253. The minimum Gasteiger partial charge on any atom is -0.343 e. The van der Waals surface area contributed by atoms with Crippen LogP contribution in [0.2, 0.25) is 0 Å². The Hall–Kier alpha value is -4.13. The number of benzene rings is 1. The number of alkyl halides is 2. The average Bonchev–Trinajstić information content (AvgIpc) is 3.35. The molecule has 0 saturated carbocycles. The zero-order valence-electron chi connectivity index (χ0n) is 16.8. The first kappa shape index (κ1) is 21.1. The monoisotopic (exact) mass is 436 g/mol. The fraction of sp³-hybridized carbons (Fsp3) is 0.227. The summed E-state index contributed by atoms with van der Waals surface area (Å²) in [7, 11) is 0. The van der Waals surface area contributed by atoms with E-state index in [4.69, 9.17) is 5.26 Å². The number of carbonyl (C=O) groups is 2. The smallest absolute Gasteiger partial charge is 0.268 e. The van der Waals surface area contributed by atoms with Crippen molar-refractivity contribution in [3.8, 4) is 6.07 Å². The number of carbonyl (C=O) groups excluding carboxylic acids is 2. The first-order chi connectivity index (χ1) is 15.4. The van der Waals surface area contributed by atoms with Crippen molar-refractivity contribution in [1.29, 1.82) is 5.26 Å². The molecular formula is C22H18F2N6O2. The predicted octanol–water partition coefficient (Wildman–Crippen LogP) is 2.62. The van der Waals surface area contributed by atoms with E-state index >= 15 is 0 Å². The van der Waals surface area contributed by atoms with Gasteiger partial charge in [-0.15, -0.1) is 0 Å². The van der Waals surface area contributed by atoms with Crippen molar-refractivity contribution < 1.29 is 18.4 Å². The van der Waals surface area contributed by atoms with E-state index in [2.05, 4.69) is 20.3 Å². The van der Waals surface area contributed by atoms with Crippen LogP contribution in [-0.4, -0.2) is 56.7 Å². The Morgan fingerprint density at radius 1 is 1.31 bits per heavy atom. The standard InChI is InChI=1S/C22H18F2N6O2/c23-22(24)9-15(10-25)30(13-22)20(31)12-27-21(32)16-7-8-26-11-14(16)5-6-19-28-17-3-1-2-4-18(17)29-19/h1-8,11,15H,9,12-13H2,(H,27,32)(H,28,29). The Balaban J connectivity index is 1.44. The van der Waals surface area contributed by atoms with Gasteiger partial charge in [0.25, 0.3) is 11.8 Å². The summed E-state index contributed by atoms with van der Waals surface area (Å²) in [6.45, 7) is -1.33. The molecule has 2 N–H and O–H groups in total. The van der Waals surface area contributed by atoms with Crippen molar-refractivity contribution in [1.82, 2.24) is 25.2 Å². The Kier molecular flexibility index (Phi) is 5.64. The lowest BCUT2D eigenvalue weighted by molar-refractivity contribution is -0.131. The number of fused-ring (bicyclic) bond motifs is 1. The summed E-state index contributed by atoms with van der Waals surface area (Å²) >= 11 is 0. The van der Waals surface area contributed by atoms with E-state index in [1.165, 1.54) is 18.5 Å². The molecule has 32 heavy (non-hydrogen) atoms. The van der Waals surface area contributed by atoms with Gasteiger partial charge in [-0.2, -0.15) is 5.26 Å². The Morgan fingerprint density at radius 3 is 2.91 bits per heavy atom. The van der Waals surface area contributed by atoms with E-state index in [1.54, 1.807) is 18.2 Å². The summed E-state index contributed by atoms with van der Waals surface area (Å²) in [4.78, 5) is 37.3. The average molecular weight is 436 g/mol. The van der Waals surface area contributed by atoms with Crippen molar-refractivity contribution in [2.45, 2.75) is 18.4 Å². The maximum atomic E-state index is 13.5. The van der Waals surface area contributed by atoms with E-state index in [9.17, 15) is 18.4 Å². The molecule has 2 amide bonds. The van der Waals surface area contributed by atoms with Crippen molar-refractivity contribution >= 4 is 35.0 Å². The number of imidazole rings is 1. The van der Waals surface area contributed by atoms with Crippen molar-refractivity contribution in [2.75, 3.05) is 13.1 Å². The largest absolute Gasteiger partial charge is 0.343 e. The van der Waals surface area contributed by atoms with E-state index in [0.717, 1.165) is 15.9 Å². The zero-order chi connectivity index (χ0) is 22.7. The summed E-state index contributed by atoms with van der Waals surface area (Å²) in [5.74, 6) is -3.83. The number of halogens is 2. The minimum atomic E-state index is -3.11. The van der Waals surface area contributed by atoms with Gasteiger partial charge < -0.3 is 15.2 Å². The number of nitrogens with zero attached hydrogens (tertiary/aromatic N) is 4. The number of rotatable bonds is 5. The fourth-order valence-corrected chi connectivity index (χ4v) is 3.51. The summed E-state index contributed by atoms with van der Waals surface area (Å²) < 4.78 is 27.1. The number of amides is 2. The zero-order valence-corrected chi connectivity index (χ0v) is 16.8. The lowest BCUT2D eigenvalue weighted by Crippen LogP contribution is -2.43. The van der Waals surface area contributed by atoms with Gasteiger partial charge in [-0.25, -0.2) is 13.8 Å². The van der Waals surface area contributed by atoms with Gasteiger partial charge in [-0.05, 0) is 30.4 Å². The molecule has 0 radical (unpaired) electrons. The highest BCUT2D eigenvalue weighted by Crippen LogP contribution is 2.31. The van der Waals surface area contributed by atoms with Crippen molar-refractivity contribution in [2.24, 2.45) is 0 Å². The van der Waals surface area contributed by atoms with Gasteiger partial charge in [-0.3, -0.25) is 14.6 Å². The van der Waals surface area contributed by atoms with E-state index in [0.29, 0.717) is 11.4 Å². The molecule has 10 heteroatoms. The number of nitrogens with one attached hydrogen (secondary N) is 2. The number of H-pyrrole nitrogens is 1. The van der Waals surface area contributed by atoms with E-state index in [-0.39, 0.29) is 5.56 Å². The van der Waals surface area contributed by atoms with Crippen LogP contribution in [0.25, 0.3) is 23.2 Å². The van der Waals surface area contributed by atoms with Gasteiger partial charge in [-0.1, -0.05) is 12.1 Å². The summed E-state index contributed by atoms with van der Waals surface area (Å²) in [6.07, 6.45) is 5.58. The number of likely N-dealkylation sites (tertiary alicyclic amines) is 1. The molecule has 1 aliphatic rings. The third-order valence-electron chi connectivity index (χ3n) is 5.06. The van der Waals surface area contributed by atoms with E-state index < -0.39 is 43.3 Å². The first-order valence-electron chi connectivity index (χ1n) is 9.78. The molecule has 1 unspecified atom stereocenters. The maximum Gasteiger partial charge on any atom is 0.268 e. The summed E-state index contributed by atoms with van der Waals surface area (Å²) in [5.41, 5.74) is 2.42. The van der Waals surface area contributed by atoms with Gasteiger partial charge >= 0.3 is 0 Å². The second-order valence-corrected chi connectivity index (χ2v) is 7.34. The molecule has 162 valence electrons. The third-order valence-corrected chi connectivity index (χ3v) is 5.06. The van der Waals surface area contributed by atoms with Gasteiger partial charge in [0.05, 0.1) is 30.2 Å². The van der Waals surface area contributed by atoms with Gasteiger partial charge in [0.1, 0.15) is 11.9 Å². The molecule has 3 aromatic rings. The lowest BCUT2D eigenvalue weighted by Gasteiger charge is -2.19. The molecule has 1 aliphatic heterocycles. The lowest BCUT2D eigenvalue weighted by atomic mass is 10.1. The highest BCUT2D eigenvalue weighted by atomic mass is 19.3. The molecule has 0 spiro atoms. The quantitative estimate of drug-likeness (QED) is 0.638. The highest BCUT2D eigenvalue weighted by molar-refractivity contribution is 6.00. The van der Waals surface area contributed by atoms with Crippen LogP contribution in [0.5, 0.6) is 0 Å². The van der Waals surface area contributed by atoms with Crippen LogP contribution in [0.3, 0.4) is 0 Å². The van der Waals surface area contributed by atoms with Crippen LogP contribution in [0.4, 0.5) is 8.78 Å². The molecule has 1 aromatic carbocycles. The van der Waals surface area contributed by atoms with Gasteiger partial charge in [0.2, 0.25) is 5.91 Å². The molecule has 4 rings (SSSR count). The Labute approximate surface area is 181 Å². The van der Waals surface area contributed by atoms with Crippen LogP contribution in [0.15, 0.2) is 42.7 Å². The van der Waals surface area contributed by atoms with Crippen molar-refractivity contribution in [3.05, 3.63) is 59.7 Å². The molecule has 1 saturated heterocycles. The fourth-order valence-electron chi connectivity index (χ4n) is 3.51. The van der Waals surface area contributed by atoms with Gasteiger partial charge in [0, 0.05) is 29.9 Å². The topological polar surface area (TPSA) is 115 Å². The number of aromatic amines is 1. The maximum absolute atomic E-state index is 13.5. The van der Waals surface area contributed by atoms with E-state index in [1.807, 2.05) is 24.3 Å². The molecule has 3 heterocycles. The van der Waals surface area contributed by atoms with Crippen LogP contribution in [-0.2, 0) is 4.79 Å². The third kappa shape index (κ3) is 4.46. The van der Waals surface area contributed by atoms with Gasteiger partial charge in [0.15, 0.2) is 0 Å². The number of aromatic nitrogens is 3. The van der Waals surface area contributed by atoms with Crippen LogP contribution in [0, 0.1) is 11.3 Å².